The molecular weight excluding hydrogens is 397 g/mol. The Bertz CT molecular complexity index is 426. The van der Waals surface area contributed by atoms with Crippen LogP contribution in [-0.4, -0.2) is 35.6 Å². The van der Waals surface area contributed by atoms with E-state index in [0.717, 1.165) is 31.0 Å². The van der Waals surface area contributed by atoms with Gasteiger partial charge in [0.15, 0.2) is 5.96 Å². The van der Waals surface area contributed by atoms with Gasteiger partial charge in [-0.15, -0.1) is 24.0 Å². The monoisotopic (exact) mass is 423 g/mol. The number of nitrogens with zero attached hydrogens (tertiary/aromatic N) is 1. The molecule has 4 nitrogen and oxygen atoms in total. The smallest absolute Gasteiger partial charge is 0.191 e. The molecule has 0 fully saturated rings. The van der Waals surface area contributed by atoms with E-state index in [1.165, 1.54) is 0 Å². The van der Waals surface area contributed by atoms with Crippen molar-refractivity contribution >= 4 is 40.7 Å². The summed E-state index contributed by atoms with van der Waals surface area (Å²) in [5.74, 6) is 2.06. The van der Waals surface area contributed by atoms with E-state index in [0.29, 0.717) is 18.1 Å². The number of guanidine groups is 1. The van der Waals surface area contributed by atoms with Crippen LogP contribution in [0.4, 0.5) is 0 Å². The second kappa shape index (κ2) is 13.1. The highest BCUT2D eigenvalue weighted by Crippen LogP contribution is 2.02. The van der Waals surface area contributed by atoms with Crippen LogP contribution in [0.3, 0.4) is 0 Å². The quantitative estimate of drug-likeness (QED) is 0.384. The lowest BCUT2D eigenvalue weighted by Crippen LogP contribution is -2.39. The van der Waals surface area contributed by atoms with Gasteiger partial charge in [0.25, 0.3) is 0 Å². The number of aliphatic imine (C=N–C) groups is 1. The van der Waals surface area contributed by atoms with Crippen molar-refractivity contribution in [1.82, 2.24) is 10.6 Å². The summed E-state index contributed by atoms with van der Waals surface area (Å²) in [6.07, 6.45) is 1.02. The second-order valence-corrected chi connectivity index (χ2v) is 6.04. The van der Waals surface area contributed by atoms with E-state index in [1.807, 2.05) is 37.3 Å². The van der Waals surface area contributed by atoms with Gasteiger partial charge in [-0.2, -0.15) is 0 Å². The third-order valence-electron chi connectivity index (χ3n) is 2.63. The Morgan fingerprint density at radius 3 is 2.52 bits per heavy atom. The molecule has 120 valence electrons. The maximum atomic E-state index is 12.0. The molecule has 0 heterocycles. The van der Waals surface area contributed by atoms with Gasteiger partial charge in [-0.05, 0) is 18.9 Å². The van der Waals surface area contributed by atoms with Crippen LogP contribution >= 0.6 is 24.0 Å². The van der Waals surface area contributed by atoms with Gasteiger partial charge in [-0.25, -0.2) is 0 Å². The average Bonchev–Trinajstić information content (AvgIpc) is 2.45. The van der Waals surface area contributed by atoms with E-state index >= 15 is 0 Å². The van der Waals surface area contributed by atoms with Crippen LogP contribution in [0, 0.1) is 0 Å². The predicted octanol–water partition coefficient (Wildman–Crippen LogP) is 2.52. The molecule has 0 radical (unpaired) electrons. The number of rotatable bonds is 8. The Morgan fingerprint density at radius 1 is 1.19 bits per heavy atom. The first-order valence-electron chi connectivity index (χ1n) is 7.17. The van der Waals surface area contributed by atoms with Crippen LogP contribution in [0.25, 0.3) is 0 Å². The summed E-state index contributed by atoms with van der Waals surface area (Å²) in [6, 6.07) is 9.95. The van der Waals surface area contributed by atoms with Gasteiger partial charge in [-0.3, -0.25) is 9.20 Å². The molecule has 6 heteroatoms. The van der Waals surface area contributed by atoms with Crippen molar-refractivity contribution in [2.45, 2.75) is 26.0 Å². The molecule has 0 aromatic heterocycles. The van der Waals surface area contributed by atoms with E-state index < -0.39 is 10.8 Å². The van der Waals surface area contributed by atoms with E-state index in [2.05, 4.69) is 22.5 Å². The number of hydrogen-bond donors (Lipinski definition) is 2. The Balaban J connectivity index is 0.00000400. The average molecular weight is 423 g/mol. The Morgan fingerprint density at radius 2 is 1.90 bits per heavy atom. The number of hydrogen-bond acceptors (Lipinski definition) is 2. The topological polar surface area (TPSA) is 53.5 Å². The normalized spacial score (nSPS) is 12.4. The number of benzene rings is 1. The minimum absolute atomic E-state index is 0. The zero-order chi connectivity index (χ0) is 14.6. The molecule has 0 saturated carbocycles. The second-order valence-electron chi connectivity index (χ2n) is 4.46. The summed E-state index contributed by atoms with van der Waals surface area (Å²) in [6.45, 7) is 6.46. The summed E-state index contributed by atoms with van der Waals surface area (Å²) < 4.78 is 12.0. The van der Waals surface area contributed by atoms with E-state index in [-0.39, 0.29) is 24.0 Å². The van der Waals surface area contributed by atoms with Crippen LogP contribution in [0.15, 0.2) is 35.3 Å². The lowest BCUT2D eigenvalue weighted by Gasteiger charge is -2.10. The van der Waals surface area contributed by atoms with Crippen LogP contribution in [0.5, 0.6) is 0 Å². The van der Waals surface area contributed by atoms with Gasteiger partial charge in [0.05, 0.1) is 0 Å². The van der Waals surface area contributed by atoms with Crippen molar-refractivity contribution in [2.24, 2.45) is 4.99 Å². The molecule has 0 bridgehead atoms. The van der Waals surface area contributed by atoms with Gasteiger partial charge in [0.1, 0.15) is 0 Å². The first-order valence-corrected chi connectivity index (χ1v) is 8.66. The fourth-order valence-corrected chi connectivity index (χ4v) is 2.72. The third kappa shape index (κ3) is 9.84. The Hall–Kier alpha value is -0.630. The minimum atomic E-state index is -0.842. The molecule has 0 aliphatic rings. The van der Waals surface area contributed by atoms with Crippen molar-refractivity contribution in [3.05, 3.63) is 35.9 Å². The molecule has 1 aromatic rings. The van der Waals surface area contributed by atoms with Crippen molar-refractivity contribution in [1.29, 1.82) is 0 Å². The Kier molecular flexibility index (Phi) is 12.7. The van der Waals surface area contributed by atoms with Crippen molar-refractivity contribution in [3.8, 4) is 0 Å². The fourth-order valence-electron chi connectivity index (χ4n) is 1.68. The molecule has 0 aliphatic carbocycles. The van der Waals surface area contributed by atoms with Gasteiger partial charge in [0, 0.05) is 41.9 Å². The first-order chi connectivity index (χ1) is 9.76. The summed E-state index contributed by atoms with van der Waals surface area (Å²) >= 11 is 0. The Labute approximate surface area is 147 Å². The standard InChI is InChI=1S/C15H25N3OS.HI/c1-3-10-17-15(16-4-2)18-11-12-20(19)13-14-8-6-5-7-9-14;/h5-9H,3-4,10-13H2,1-2H3,(H2,16,17,18);1H. The molecule has 0 amide bonds. The van der Waals surface area contributed by atoms with Crippen LogP contribution < -0.4 is 10.6 Å². The van der Waals surface area contributed by atoms with Crippen LogP contribution in [-0.2, 0) is 16.6 Å². The molecule has 1 unspecified atom stereocenters. The lowest BCUT2D eigenvalue weighted by atomic mass is 10.2. The molecule has 1 rings (SSSR count). The number of halogens is 1. The molecule has 0 spiro atoms. The highest BCUT2D eigenvalue weighted by molar-refractivity contribution is 14.0. The zero-order valence-corrected chi connectivity index (χ0v) is 15.9. The molecule has 1 atom stereocenters. The fraction of sp³-hybridized carbons (Fsp3) is 0.533. The highest BCUT2D eigenvalue weighted by atomic mass is 127. The van der Waals surface area contributed by atoms with Crippen LogP contribution in [0.2, 0.25) is 0 Å². The van der Waals surface area contributed by atoms with Crippen molar-refractivity contribution in [3.63, 3.8) is 0 Å². The molecule has 2 N–H and O–H groups in total. The van der Waals surface area contributed by atoms with E-state index in [9.17, 15) is 4.21 Å². The molecule has 0 saturated heterocycles. The molecular formula is C15H26IN3OS. The predicted molar refractivity (Wildman–Crippen MR) is 103 cm³/mol. The maximum Gasteiger partial charge on any atom is 0.191 e. The van der Waals surface area contributed by atoms with Gasteiger partial charge >= 0.3 is 0 Å². The van der Waals surface area contributed by atoms with Crippen molar-refractivity contribution < 1.29 is 4.21 Å². The van der Waals surface area contributed by atoms with Crippen molar-refractivity contribution in [2.75, 3.05) is 25.4 Å². The highest BCUT2D eigenvalue weighted by Gasteiger charge is 2.02. The maximum absolute atomic E-state index is 12.0. The van der Waals surface area contributed by atoms with Crippen LogP contribution in [0.1, 0.15) is 25.8 Å². The summed E-state index contributed by atoms with van der Waals surface area (Å²) in [7, 11) is -0.842. The number of nitrogens with one attached hydrogen (secondary N) is 2. The zero-order valence-electron chi connectivity index (χ0n) is 12.8. The minimum Gasteiger partial charge on any atom is -0.357 e. The summed E-state index contributed by atoms with van der Waals surface area (Å²) in [4.78, 5) is 4.41. The largest absolute Gasteiger partial charge is 0.357 e. The molecule has 21 heavy (non-hydrogen) atoms. The molecule has 0 aliphatic heterocycles. The van der Waals surface area contributed by atoms with E-state index in [1.54, 1.807) is 0 Å². The third-order valence-corrected chi connectivity index (χ3v) is 3.95. The first kappa shape index (κ1) is 20.4. The summed E-state index contributed by atoms with van der Waals surface area (Å²) in [5.41, 5.74) is 1.12. The van der Waals surface area contributed by atoms with Gasteiger partial charge in [-0.1, -0.05) is 37.3 Å². The van der Waals surface area contributed by atoms with Gasteiger partial charge in [0.2, 0.25) is 0 Å². The van der Waals surface area contributed by atoms with E-state index in [4.69, 9.17) is 0 Å². The lowest BCUT2D eigenvalue weighted by molar-refractivity contribution is 0.680. The SMILES string of the molecule is CCCN=C(NCC)NCCS(=O)Cc1ccccc1.I. The van der Waals surface area contributed by atoms with Gasteiger partial charge < -0.3 is 10.6 Å². The molecule has 1 aromatic carbocycles. The summed E-state index contributed by atoms with van der Waals surface area (Å²) in [5, 5.41) is 6.40.